The second-order valence-electron chi connectivity index (χ2n) is 4.74. The lowest BCUT2D eigenvalue weighted by Crippen LogP contribution is -2.07. The Labute approximate surface area is 111 Å². The van der Waals surface area contributed by atoms with E-state index in [-0.39, 0.29) is 11.5 Å². The number of aromatic nitrogens is 2. The van der Waals surface area contributed by atoms with Crippen LogP contribution in [-0.4, -0.2) is 14.7 Å². The van der Waals surface area contributed by atoms with Crippen molar-refractivity contribution in [2.24, 2.45) is 0 Å². The van der Waals surface area contributed by atoms with Crippen LogP contribution in [0.2, 0.25) is 0 Å². The molecule has 0 fully saturated rings. The third kappa shape index (κ3) is 2.05. The molecule has 0 saturated heterocycles. The number of rotatable bonds is 2. The Hall–Kier alpha value is -2.37. The minimum Gasteiger partial charge on any atom is -0.378 e. The van der Waals surface area contributed by atoms with Gasteiger partial charge in [0.2, 0.25) is 5.82 Å². The molecule has 0 spiro atoms. The second kappa shape index (κ2) is 4.38. The lowest BCUT2D eigenvalue weighted by atomic mass is 10.1. The number of anilines is 1. The summed E-state index contributed by atoms with van der Waals surface area (Å²) in [5.41, 5.74) is 9.98. The maximum absolute atomic E-state index is 11.0. The molecular weight excluding hydrogens is 244 g/mol. The molecule has 0 atom stereocenters. The van der Waals surface area contributed by atoms with Gasteiger partial charge in [0.1, 0.15) is 5.69 Å². The summed E-state index contributed by atoms with van der Waals surface area (Å²) >= 11 is 0. The van der Waals surface area contributed by atoms with Gasteiger partial charge in [0.25, 0.3) is 0 Å². The molecule has 2 N–H and O–H groups in total. The molecule has 1 heterocycles. The summed E-state index contributed by atoms with van der Waals surface area (Å²) in [5, 5.41) is 15.2. The Kier molecular flexibility index (Phi) is 3.01. The molecule has 1 aromatic heterocycles. The fraction of sp³-hybridized carbons (Fsp3) is 0.308. The van der Waals surface area contributed by atoms with Crippen LogP contribution in [0.3, 0.4) is 0 Å². The summed E-state index contributed by atoms with van der Waals surface area (Å²) in [5.74, 6) is 0.0672. The first-order valence-corrected chi connectivity index (χ1v) is 5.90. The first kappa shape index (κ1) is 13.1. The van der Waals surface area contributed by atoms with Crippen molar-refractivity contribution in [3.8, 4) is 5.69 Å². The van der Waals surface area contributed by atoms with Gasteiger partial charge >= 0.3 is 5.69 Å². The van der Waals surface area contributed by atoms with Crippen LogP contribution in [0.4, 0.5) is 11.5 Å². The molecule has 0 aliphatic carbocycles. The largest absolute Gasteiger partial charge is 0.378 e. The van der Waals surface area contributed by atoms with E-state index < -0.39 is 4.92 Å². The summed E-state index contributed by atoms with van der Waals surface area (Å²) in [4.78, 5) is 10.5. The molecule has 100 valence electrons. The maximum atomic E-state index is 11.0. The van der Waals surface area contributed by atoms with Gasteiger partial charge in [-0.25, -0.2) is 4.68 Å². The van der Waals surface area contributed by atoms with Gasteiger partial charge in [-0.05, 0) is 38.8 Å². The molecule has 2 rings (SSSR count). The first-order chi connectivity index (χ1) is 8.82. The fourth-order valence-corrected chi connectivity index (χ4v) is 2.44. The maximum Gasteiger partial charge on any atom is 0.333 e. The average molecular weight is 260 g/mol. The van der Waals surface area contributed by atoms with Crippen molar-refractivity contribution in [3.63, 3.8) is 0 Å². The van der Waals surface area contributed by atoms with E-state index in [0.717, 1.165) is 22.4 Å². The van der Waals surface area contributed by atoms with E-state index in [0.29, 0.717) is 5.69 Å². The highest BCUT2D eigenvalue weighted by atomic mass is 16.6. The molecule has 0 saturated carbocycles. The SMILES string of the molecule is Cc1cc(C)c(-n2nc(C)c([N+](=O)[O-])c2N)c(C)c1. The summed E-state index contributed by atoms with van der Waals surface area (Å²) in [6, 6.07) is 4.01. The van der Waals surface area contributed by atoms with E-state index in [4.69, 9.17) is 5.73 Å². The zero-order chi connectivity index (χ0) is 14.3. The first-order valence-electron chi connectivity index (χ1n) is 5.90. The normalized spacial score (nSPS) is 10.7. The minimum absolute atomic E-state index is 0.0672. The van der Waals surface area contributed by atoms with E-state index in [1.165, 1.54) is 4.68 Å². The van der Waals surface area contributed by atoms with E-state index in [2.05, 4.69) is 5.10 Å². The average Bonchev–Trinajstić information content (AvgIpc) is 2.52. The van der Waals surface area contributed by atoms with Gasteiger partial charge in [-0.2, -0.15) is 5.10 Å². The third-order valence-electron chi connectivity index (χ3n) is 3.09. The van der Waals surface area contributed by atoms with Crippen LogP contribution in [-0.2, 0) is 0 Å². The molecule has 0 unspecified atom stereocenters. The molecule has 0 bridgehead atoms. The zero-order valence-electron chi connectivity index (χ0n) is 11.4. The Morgan fingerprint density at radius 1 is 1.21 bits per heavy atom. The van der Waals surface area contributed by atoms with E-state index >= 15 is 0 Å². The molecule has 2 aromatic rings. The van der Waals surface area contributed by atoms with Gasteiger partial charge in [0.05, 0.1) is 10.6 Å². The molecule has 1 aromatic carbocycles. The van der Waals surface area contributed by atoms with Crippen molar-refractivity contribution in [2.45, 2.75) is 27.7 Å². The molecule has 0 aliphatic heterocycles. The number of aryl methyl sites for hydroxylation is 4. The van der Waals surface area contributed by atoms with Crippen LogP contribution in [0.25, 0.3) is 5.69 Å². The van der Waals surface area contributed by atoms with Crippen molar-refractivity contribution in [2.75, 3.05) is 5.73 Å². The number of nitrogen functional groups attached to an aromatic ring is 1. The number of hydrogen-bond donors (Lipinski definition) is 1. The van der Waals surface area contributed by atoms with Crippen LogP contribution in [0.5, 0.6) is 0 Å². The summed E-state index contributed by atoms with van der Waals surface area (Å²) in [7, 11) is 0. The zero-order valence-corrected chi connectivity index (χ0v) is 11.4. The number of benzene rings is 1. The summed E-state index contributed by atoms with van der Waals surface area (Å²) in [6.07, 6.45) is 0. The topological polar surface area (TPSA) is 87.0 Å². The number of nitrogens with two attached hydrogens (primary N) is 1. The van der Waals surface area contributed by atoms with Gasteiger partial charge in [0, 0.05) is 0 Å². The lowest BCUT2D eigenvalue weighted by Gasteiger charge is -2.12. The number of nitro groups is 1. The van der Waals surface area contributed by atoms with Crippen molar-refractivity contribution >= 4 is 11.5 Å². The predicted molar refractivity (Wildman–Crippen MR) is 73.6 cm³/mol. The lowest BCUT2D eigenvalue weighted by molar-refractivity contribution is -0.384. The van der Waals surface area contributed by atoms with Gasteiger partial charge in [-0.15, -0.1) is 0 Å². The van der Waals surface area contributed by atoms with E-state index in [9.17, 15) is 10.1 Å². The van der Waals surface area contributed by atoms with Gasteiger partial charge < -0.3 is 5.73 Å². The van der Waals surface area contributed by atoms with Crippen LogP contribution < -0.4 is 5.73 Å². The number of nitrogens with zero attached hydrogens (tertiary/aromatic N) is 3. The van der Waals surface area contributed by atoms with Crippen molar-refractivity contribution in [1.82, 2.24) is 9.78 Å². The molecule has 0 radical (unpaired) electrons. The van der Waals surface area contributed by atoms with Crippen LogP contribution in [0.1, 0.15) is 22.4 Å². The minimum atomic E-state index is -0.493. The molecule has 0 amide bonds. The fourth-order valence-electron chi connectivity index (χ4n) is 2.44. The van der Waals surface area contributed by atoms with Gasteiger partial charge in [-0.1, -0.05) is 17.7 Å². The highest BCUT2D eigenvalue weighted by molar-refractivity contribution is 5.62. The molecular formula is C13H16N4O2. The molecule has 6 heteroatoms. The summed E-state index contributed by atoms with van der Waals surface area (Å²) < 4.78 is 1.46. The van der Waals surface area contributed by atoms with Gasteiger partial charge in [-0.3, -0.25) is 10.1 Å². The second-order valence-corrected chi connectivity index (χ2v) is 4.74. The smallest absolute Gasteiger partial charge is 0.333 e. The van der Waals surface area contributed by atoms with Gasteiger partial charge in [0.15, 0.2) is 0 Å². The monoisotopic (exact) mass is 260 g/mol. The Balaban J connectivity index is 2.74. The summed E-state index contributed by atoms with van der Waals surface area (Å²) in [6.45, 7) is 7.48. The highest BCUT2D eigenvalue weighted by Gasteiger charge is 2.24. The van der Waals surface area contributed by atoms with Crippen molar-refractivity contribution in [3.05, 3.63) is 44.6 Å². The molecule has 19 heavy (non-hydrogen) atoms. The van der Waals surface area contributed by atoms with Crippen LogP contribution in [0, 0.1) is 37.8 Å². The van der Waals surface area contributed by atoms with Crippen molar-refractivity contribution in [1.29, 1.82) is 0 Å². The standard InChI is InChI=1S/C13H16N4O2/c1-7-5-8(2)11(9(3)6-7)16-13(14)12(17(18)19)10(4)15-16/h5-6H,14H2,1-4H3. The van der Waals surface area contributed by atoms with E-state index in [1.807, 2.05) is 32.9 Å². The van der Waals surface area contributed by atoms with Crippen molar-refractivity contribution < 1.29 is 4.92 Å². The Bertz CT molecular complexity index is 651. The predicted octanol–water partition coefficient (Wildman–Crippen LogP) is 2.60. The third-order valence-corrected chi connectivity index (χ3v) is 3.09. The molecule has 0 aliphatic rings. The molecule has 6 nitrogen and oxygen atoms in total. The number of hydrogen-bond acceptors (Lipinski definition) is 4. The van der Waals surface area contributed by atoms with Crippen LogP contribution in [0.15, 0.2) is 12.1 Å². The van der Waals surface area contributed by atoms with Crippen LogP contribution >= 0.6 is 0 Å². The Morgan fingerprint density at radius 2 is 1.74 bits per heavy atom. The highest BCUT2D eigenvalue weighted by Crippen LogP contribution is 2.30. The van der Waals surface area contributed by atoms with E-state index in [1.54, 1.807) is 6.92 Å². The Morgan fingerprint density at radius 3 is 2.16 bits per heavy atom. The quantitative estimate of drug-likeness (QED) is 0.664.